The molecule has 0 aliphatic heterocycles. The van der Waals surface area contributed by atoms with Crippen LogP contribution in [0.1, 0.15) is 5.56 Å². The van der Waals surface area contributed by atoms with Gasteiger partial charge in [-0.2, -0.15) is 0 Å². The summed E-state index contributed by atoms with van der Waals surface area (Å²) in [6.07, 6.45) is 0.295. The Morgan fingerprint density at radius 2 is 2.21 bits per heavy atom. The molecule has 0 aromatic heterocycles. The van der Waals surface area contributed by atoms with E-state index in [4.69, 9.17) is 23.2 Å². The van der Waals surface area contributed by atoms with E-state index in [9.17, 15) is 4.79 Å². The lowest BCUT2D eigenvalue weighted by atomic mass is 9.67. The largest absolute Gasteiger partial charge is 0.410 e. The van der Waals surface area contributed by atoms with Gasteiger partial charge in [-0.1, -0.05) is 29.3 Å². The summed E-state index contributed by atoms with van der Waals surface area (Å²) >= 11 is 11.6. The van der Waals surface area contributed by atoms with Crippen LogP contribution in [0.25, 0.3) is 0 Å². The summed E-state index contributed by atoms with van der Waals surface area (Å²) < 4.78 is 0. The molecule has 0 unspecified atom stereocenters. The Bertz CT molecular complexity index is 346. The second-order valence-electron chi connectivity index (χ2n) is 2.87. The van der Waals surface area contributed by atoms with Gasteiger partial charge in [-0.05, 0) is 17.7 Å². The molecule has 6 heteroatoms. The van der Waals surface area contributed by atoms with E-state index in [0.29, 0.717) is 23.8 Å². The van der Waals surface area contributed by atoms with Gasteiger partial charge in [0, 0.05) is 10.0 Å². The predicted molar refractivity (Wildman–Crippen MR) is 64.0 cm³/mol. The highest BCUT2D eigenvalue weighted by atomic mass is 35.5. The lowest BCUT2D eigenvalue weighted by Gasteiger charge is -2.04. The Morgan fingerprint density at radius 3 is 2.79 bits per heavy atom. The minimum absolute atomic E-state index is 0.0308. The van der Waals surface area contributed by atoms with Crippen molar-refractivity contribution >= 4 is 44.2 Å². The molecule has 0 saturated carbocycles. The van der Waals surface area contributed by atoms with Crippen molar-refractivity contribution in [2.75, 3.05) is 0 Å². The molecule has 2 nitrogen and oxygen atoms in total. The first-order valence-electron chi connectivity index (χ1n) is 4.34. The average molecular weight is 228 g/mol. The molecule has 0 atom stereocenters. The standard InChI is InChI=1S/C8H9B2Cl2NO/c9-10-13-8(14)3-5-1-2-6(11)4-7(5)12/h1-2,4,10H,3,9H2,(H,13,14). The van der Waals surface area contributed by atoms with Crippen molar-refractivity contribution in [1.29, 1.82) is 0 Å². The van der Waals surface area contributed by atoms with Gasteiger partial charge in [0.05, 0.1) is 14.2 Å². The zero-order valence-corrected chi connectivity index (χ0v) is 9.32. The van der Waals surface area contributed by atoms with Crippen molar-refractivity contribution in [3.8, 4) is 0 Å². The number of halogens is 2. The first-order chi connectivity index (χ1) is 6.63. The molecule has 1 N–H and O–H groups in total. The fourth-order valence-corrected chi connectivity index (χ4v) is 1.57. The monoisotopic (exact) mass is 227 g/mol. The average Bonchev–Trinajstić information content (AvgIpc) is 2.10. The number of amides is 1. The second-order valence-corrected chi connectivity index (χ2v) is 3.71. The molecule has 0 heterocycles. The van der Waals surface area contributed by atoms with Crippen molar-refractivity contribution in [3.63, 3.8) is 0 Å². The van der Waals surface area contributed by atoms with E-state index in [-0.39, 0.29) is 5.91 Å². The van der Waals surface area contributed by atoms with E-state index >= 15 is 0 Å². The van der Waals surface area contributed by atoms with Crippen LogP contribution in [0.2, 0.25) is 10.0 Å². The Hall–Kier alpha value is -0.600. The van der Waals surface area contributed by atoms with Gasteiger partial charge in [-0.15, -0.1) is 0 Å². The zero-order chi connectivity index (χ0) is 10.6. The van der Waals surface area contributed by atoms with E-state index in [2.05, 4.69) is 5.23 Å². The van der Waals surface area contributed by atoms with E-state index < -0.39 is 0 Å². The van der Waals surface area contributed by atoms with Crippen molar-refractivity contribution in [3.05, 3.63) is 33.8 Å². The number of hydrogen-bond acceptors (Lipinski definition) is 1. The fourth-order valence-electron chi connectivity index (χ4n) is 1.10. The number of hydrogen-bond donors (Lipinski definition) is 1. The quantitative estimate of drug-likeness (QED) is 0.751. The van der Waals surface area contributed by atoms with Crippen molar-refractivity contribution in [2.45, 2.75) is 6.42 Å². The summed E-state index contributed by atoms with van der Waals surface area (Å²) in [4.78, 5) is 11.2. The molecule has 1 aromatic rings. The maximum Gasteiger partial charge on any atom is 0.211 e. The molecule has 0 bridgehead atoms. The molecule has 72 valence electrons. The summed E-state index contributed by atoms with van der Waals surface area (Å²) in [5, 5.41) is 3.81. The van der Waals surface area contributed by atoms with Crippen LogP contribution in [0.5, 0.6) is 0 Å². The Morgan fingerprint density at radius 1 is 1.50 bits per heavy atom. The highest BCUT2D eigenvalue weighted by molar-refractivity contribution is 6.89. The SMILES string of the molecule is BBNC(=O)Cc1ccc(Cl)cc1Cl. The fraction of sp³-hybridized carbons (Fsp3) is 0.125. The van der Waals surface area contributed by atoms with E-state index in [1.54, 1.807) is 18.2 Å². The highest BCUT2D eigenvalue weighted by Crippen LogP contribution is 2.21. The lowest BCUT2D eigenvalue weighted by Crippen LogP contribution is -2.29. The van der Waals surface area contributed by atoms with Crippen LogP contribution in [0.3, 0.4) is 0 Å². The molecule has 0 spiro atoms. The molecule has 1 rings (SSSR count). The minimum Gasteiger partial charge on any atom is -0.410 e. The number of rotatable bonds is 3. The highest BCUT2D eigenvalue weighted by Gasteiger charge is 2.06. The van der Waals surface area contributed by atoms with Gasteiger partial charge < -0.3 is 5.23 Å². The molecule has 1 aromatic carbocycles. The topological polar surface area (TPSA) is 29.1 Å². The van der Waals surface area contributed by atoms with Gasteiger partial charge in [0.2, 0.25) is 5.91 Å². The van der Waals surface area contributed by atoms with Crippen LogP contribution in [0, 0.1) is 0 Å². The minimum atomic E-state index is -0.0308. The van der Waals surface area contributed by atoms with Crippen LogP contribution in [-0.4, -0.2) is 20.9 Å². The van der Waals surface area contributed by atoms with Gasteiger partial charge in [0.1, 0.15) is 0 Å². The van der Waals surface area contributed by atoms with E-state index in [0.717, 1.165) is 5.56 Å². The molecular formula is C8H9B2Cl2NO. The van der Waals surface area contributed by atoms with Crippen LogP contribution >= 0.6 is 23.2 Å². The normalized spacial score (nSPS) is 9.57. The molecule has 14 heavy (non-hydrogen) atoms. The number of carbonyl (C=O) groups is 1. The van der Waals surface area contributed by atoms with Gasteiger partial charge in [-0.25, -0.2) is 0 Å². The summed E-state index contributed by atoms with van der Waals surface area (Å²) in [7, 11) is 2.51. The third-order valence-corrected chi connectivity index (χ3v) is 2.33. The molecular weight excluding hydrogens is 219 g/mol. The van der Waals surface area contributed by atoms with Crippen molar-refractivity contribution in [2.24, 2.45) is 0 Å². The van der Waals surface area contributed by atoms with Gasteiger partial charge in [0.15, 0.2) is 7.31 Å². The Labute approximate surface area is 94.6 Å². The number of benzene rings is 1. The first-order valence-corrected chi connectivity index (χ1v) is 5.09. The van der Waals surface area contributed by atoms with Crippen LogP contribution < -0.4 is 5.23 Å². The Balaban J connectivity index is 2.72. The maximum atomic E-state index is 11.2. The second kappa shape index (κ2) is 5.32. The number of nitrogens with one attached hydrogen (secondary N) is 1. The third kappa shape index (κ3) is 3.28. The summed E-state index contributed by atoms with van der Waals surface area (Å²) in [5.74, 6) is -0.0308. The van der Waals surface area contributed by atoms with Gasteiger partial charge >= 0.3 is 0 Å². The first kappa shape index (κ1) is 11.5. The molecule has 0 radical (unpaired) electrons. The third-order valence-electron chi connectivity index (χ3n) is 1.74. The maximum absolute atomic E-state index is 11.2. The summed E-state index contributed by atoms with van der Waals surface area (Å²) in [6, 6.07) is 5.12. The molecule has 1 amide bonds. The summed E-state index contributed by atoms with van der Waals surface area (Å²) in [6.45, 7) is 0. The van der Waals surface area contributed by atoms with Gasteiger partial charge in [0.25, 0.3) is 0 Å². The lowest BCUT2D eigenvalue weighted by molar-refractivity contribution is -0.118. The van der Waals surface area contributed by atoms with Crippen LogP contribution in [0.4, 0.5) is 0 Å². The summed E-state index contributed by atoms with van der Waals surface area (Å²) in [5.41, 5.74) is 0.794. The van der Waals surface area contributed by atoms with Crippen LogP contribution in [0.15, 0.2) is 18.2 Å². The predicted octanol–water partition coefficient (Wildman–Crippen LogP) is 0.552. The van der Waals surface area contributed by atoms with E-state index in [1.807, 2.05) is 7.74 Å². The van der Waals surface area contributed by atoms with Crippen molar-refractivity contribution in [1.82, 2.24) is 5.23 Å². The smallest absolute Gasteiger partial charge is 0.211 e. The van der Waals surface area contributed by atoms with E-state index in [1.165, 1.54) is 0 Å². The molecule has 0 aliphatic carbocycles. The molecule has 0 saturated heterocycles. The molecule has 0 fully saturated rings. The van der Waals surface area contributed by atoms with Gasteiger partial charge in [-0.3, -0.25) is 4.79 Å². The number of carbonyl (C=O) groups excluding carboxylic acids is 1. The Kier molecular flexibility index (Phi) is 4.36. The zero-order valence-electron chi connectivity index (χ0n) is 7.81. The van der Waals surface area contributed by atoms with Crippen molar-refractivity contribution < 1.29 is 4.79 Å². The molecule has 0 aliphatic rings. The van der Waals surface area contributed by atoms with Crippen LogP contribution in [-0.2, 0) is 11.2 Å².